The van der Waals surface area contributed by atoms with Crippen LogP contribution in [0.4, 0.5) is 5.69 Å². The molecule has 0 spiro atoms. The van der Waals surface area contributed by atoms with Gasteiger partial charge < -0.3 is 5.32 Å². The van der Waals surface area contributed by atoms with Crippen LogP contribution >= 0.6 is 15.9 Å². The van der Waals surface area contributed by atoms with Crippen molar-refractivity contribution < 1.29 is 4.79 Å². The van der Waals surface area contributed by atoms with Crippen molar-refractivity contribution in [3.8, 4) is 0 Å². The number of carbonyl (C=O) groups is 1. The molecule has 1 unspecified atom stereocenters. The number of benzene rings is 1. The van der Waals surface area contributed by atoms with E-state index in [-0.39, 0.29) is 10.7 Å². The average molecular weight is 284 g/mol. The molecular formula is C13H18BrNO. The molecule has 1 rings (SSSR count). The Morgan fingerprint density at radius 3 is 2.44 bits per heavy atom. The van der Waals surface area contributed by atoms with Crippen molar-refractivity contribution in [3.63, 3.8) is 0 Å². The van der Waals surface area contributed by atoms with Gasteiger partial charge in [0, 0.05) is 5.69 Å². The molecule has 0 fully saturated rings. The number of aryl methyl sites for hydroxylation is 2. The third kappa shape index (κ3) is 3.34. The highest BCUT2D eigenvalue weighted by Gasteiger charge is 2.15. The molecule has 16 heavy (non-hydrogen) atoms. The van der Waals surface area contributed by atoms with E-state index in [1.807, 2.05) is 32.0 Å². The molecule has 0 aromatic heterocycles. The van der Waals surface area contributed by atoms with Crippen LogP contribution in [0.25, 0.3) is 0 Å². The minimum absolute atomic E-state index is 0.0410. The van der Waals surface area contributed by atoms with E-state index >= 15 is 0 Å². The molecule has 1 amide bonds. The zero-order valence-corrected chi connectivity index (χ0v) is 11.6. The van der Waals surface area contributed by atoms with Gasteiger partial charge in [0.05, 0.1) is 4.83 Å². The van der Waals surface area contributed by atoms with Crippen molar-refractivity contribution in [1.82, 2.24) is 0 Å². The third-order valence-corrected chi connectivity index (χ3v) is 3.43. The largest absolute Gasteiger partial charge is 0.325 e. The fourth-order valence-electron chi connectivity index (χ4n) is 1.60. The van der Waals surface area contributed by atoms with Crippen molar-refractivity contribution in [2.75, 3.05) is 5.32 Å². The van der Waals surface area contributed by atoms with E-state index in [1.54, 1.807) is 0 Å². The monoisotopic (exact) mass is 283 g/mol. The summed E-state index contributed by atoms with van der Waals surface area (Å²) >= 11 is 3.40. The normalized spacial score (nSPS) is 12.2. The number of hydrogen-bond acceptors (Lipinski definition) is 1. The SMILES string of the molecule is CCCC(Br)C(=O)Nc1c(C)cccc1C. The second-order valence-electron chi connectivity index (χ2n) is 4.01. The van der Waals surface area contributed by atoms with Crippen LogP contribution in [0.3, 0.4) is 0 Å². The molecule has 0 aliphatic heterocycles. The van der Waals surface area contributed by atoms with Gasteiger partial charge in [-0.25, -0.2) is 0 Å². The smallest absolute Gasteiger partial charge is 0.238 e. The number of alkyl halides is 1. The molecule has 0 aliphatic rings. The zero-order valence-electron chi connectivity index (χ0n) is 10.0. The Hall–Kier alpha value is -0.830. The van der Waals surface area contributed by atoms with E-state index in [1.165, 1.54) is 0 Å². The first kappa shape index (κ1) is 13.2. The Kier molecular flexibility index (Phi) is 5.00. The van der Waals surface area contributed by atoms with Crippen molar-refractivity contribution in [1.29, 1.82) is 0 Å². The lowest BCUT2D eigenvalue weighted by atomic mass is 10.1. The number of halogens is 1. The number of anilines is 1. The van der Waals surface area contributed by atoms with E-state index in [4.69, 9.17) is 0 Å². The molecule has 3 heteroatoms. The van der Waals surface area contributed by atoms with Gasteiger partial charge in [-0.05, 0) is 31.4 Å². The van der Waals surface area contributed by atoms with Crippen molar-refractivity contribution >= 4 is 27.5 Å². The Morgan fingerprint density at radius 2 is 1.94 bits per heavy atom. The first-order valence-corrected chi connectivity index (χ1v) is 6.49. The Labute approximate surface area is 106 Å². The van der Waals surface area contributed by atoms with Gasteiger partial charge in [0.25, 0.3) is 0 Å². The average Bonchev–Trinajstić information content (AvgIpc) is 2.23. The lowest BCUT2D eigenvalue weighted by Gasteiger charge is -2.14. The van der Waals surface area contributed by atoms with Gasteiger partial charge in [-0.2, -0.15) is 0 Å². The van der Waals surface area contributed by atoms with E-state index in [0.29, 0.717) is 0 Å². The highest BCUT2D eigenvalue weighted by Crippen LogP contribution is 2.21. The molecule has 0 aliphatic carbocycles. The maximum atomic E-state index is 11.8. The topological polar surface area (TPSA) is 29.1 Å². The van der Waals surface area contributed by atoms with Crippen LogP contribution in [0.1, 0.15) is 30.9 Å². The van der Waals surface area contributed by atoms with Gasteiger partial charge in [-0.3, -0.25) is 4.79 Å². The summed E-state index contributed by atoms with van der Waals surface area (Å²) in [4.78, 5) is 11.7. The summed E-state index contributed by atoms with van der Waals surface area (Å²) in [7, 11) is 0. The standard InChI is InChI=1S/C13H18BrNO/c1-4-6-11(14)13(16)15-12-9(2)7-5-8-10(12)3/h5,7-8,11H,4,6H2,1-3H3,(H,15,16). The molecule has 88 valence electrons. The van der Waals surface area contributed by atoms with E-state index in [9.17, 15) is 4.79 Å². The summed E-state index contributed by atoms with van der Waals surface area (Å²) in [6.07, 6.45) is 1.85. The molecule has 1 atom stereocenters. The van der Waals surface area contributed by atoms with Crippen LogP contribution in [-0.2, 0) is 4.79 Å². The summed E-state index contributed by atoms with van der Waals surface area (Å²) in [6, 6.07) is 6.01. The van der Waals surface area contributed by atoms with E-state index < -0.39 is 0 Å². The van der Waals surface area contributed by atoms with Crippen LogP contribution in [0.5, 0.6) is 0 Å². The minimum Gasteiger partial charge on any atom is -0.325 e. The predicted molar refractivity (Wildman–Crippen MR) is 72.2 cm³/mol. The molecule has 2 nitrogen and oxygen atoms in total. The van der Waals surface area contributed by atoms with Gasteiger partial charge in [-0.1, -0.05) is 47.5 Å². The van der Waals surface area contributed by atoms with Crippen molar-refractivity contribution in [3.05, 3.63) is 29.3 Å². The van der Waals surface area contributed by atoms with Crippen LogP contribution in [-0.4, -0.2) is 10.7 Å². The fourth-order valence-corrected chi connectivity index (χ4v) is 2.17. The van der Waals surface area contributed by atoms with Gasteiger partial charge in [0.1, 0.15) is 0 Å². The second kappa shape index (κ2) is 6.04. The zero-order chi connectivity index (χ0) is 12.1. The van der Waals surface area contributed by atoms with Crippen LogP contribution < -0.4 is 5.32 Å². The fraction of sp³-hybridized carbons (Fsp3) is 0.462. The maximum Gasteiger partial charge on any atom is 0.238 e. The molecule has 0 bridgehead atoms. The molecule has 1 aromatic carbocycles. The van der Waals surface area contributed by atoms with Crippen LogP contribution in [0.2, 0.25) is 0 Å². The molecule has 0 heterocycles. The third-order valence-electron chi connectivity index (χ3n) is 2.56. The number of hydrogen-bond donors (Lipinski definition) is 1. The number of amides is 1. The summed E-state index contributed by atoms with van der Waals surface area (Å²) < 4.78 is 0. The highest BCUT2D eigenvalue weighted by atomic mass is 79.9. The number of rotatable bonds is 4. The molecule has 1 N–H and O–H groups in total. The summed E-state index contributed by atoms with van der Waals surface area (Å²) in [5.74, 6) is 0.0410. The van der Waals surface area contributed by atoms with Gasteiger partial charge in [0.15, 0.2) is 0 Å². The molecular weight excluding hydrogens is 266 g/mol. The van der Waals surface area contributed by atoms with Crippen molar-refractivity contribution in [2.24, 2.45) is 0 Å². The van der Waals surface area contributed by atoms with E-state index in [0.717, 1.165) is 29.7 Å². The number of carbonyl (C=O) groups excluding carboxylic acids is 1. The Morgan fingerprint density at radius 1 is 1.38 bits per heavy atom. The van der Waals surface area contributed by atoms with Gasteiger partial charge in [0.2, 0.25) is 5.91 Å². The molecule has 0 saturated heterocycles. The Balaban J connectivity index is 2.77. The summed E-state index contributed by atoms with van der Waals surface area (Å²) in [5, 5.41) is 2.98. The minimum atomic E-state index is -0.100. The first-order valence-electron chi connectivity index (χ1n) is 5.57. The van der Waals surface area contributed by atoms with Gasteiger partial charge >= 0.3 is 0 Å². The molecule has 1 aromatic rings. The lowest BCUT2D eigenvalue weighted by molar-refractivity contribution is -0.115. The maximum absolute atomic E-state index is 11.8. The first-order chi connectivity index (χ1) is 7.56. The van der Waals surface area contributed by atoms with Gasteiger partial charge in [-0.15, -0.1) is 0 Å². The van der Waals surface area contributed by atoms with Crippen LogP contribution in [0, 0.1) is 13.8 Å². The lowest BCUT2D eigenvalue weighted by Crippen LogP contribution is -2.23. The molecule has 0 radical (unpaired) electrons. The summed E-state index contributed by atoms with van der Waals surface area (Å²) in [6.45, 7) is 6.08. The highest BCUT2D eigenvalue weighted by molar-refractivity contribution is 9.10. The molecule has 0 saturated carbocycles. The van der Waals surface area contributed by atoms with Crippen LogP contribution in [0.15, 0.2) is 18.2 Å². The number of nitrogens with one attached hydrogen (secondary N) is 1. The summed E-state index contributed by atoms with van der Waals surface area (Å²) in [5.41, 5.74) is 3.14. The van der Waals surface area contributed by atoms with E-state index in [2.05, 4.69) is 28.2 Å². The number of para-hydroxylation sites is 1. The quantitative estimate of drug-likeness (QED) is 0.837. The van der Waals surface area contributed by atoms with Crippen molar-refractivity contribution in [2.45, 2.75) is 38.4 Å². The predicted octanol–water partition coefficient (Wildman–Crippen LogP) is 3.81. The second-order valence-corrected chi connectivity index (χ2v) is 5.12. The Bertz CT molecular complexity index is 356.